The Hall–Kier alpha value is -0.780. The van der Waals surface area contributed by atoms with Gasteiger partial charge in [-0.05, 0) is 12.3 Å². The molecule has 0 spiro atoms. The van der Waals surface area contributed by atoms with E-state index in [9.17, 15) is 18.0 Å². The number of hydrogen-bond donors (Lipinski definition) is 2. The van der Waals surface area contributed by atoms with E-state index in [0.717, 1.165) is 0 Å². The molecule has 0 rings (SSSR count). The van der Waals surface area contributed by atoms with E-state index in [4.69, 9.17) is 10.8 Å². The maximum atomic E-state index is 12.4. The summed E-state index contributed by atoms with van der Waals surface area (Å²) < 4.78 is 37.2. The van der Waals surface area contributed by atoms with Gasteiger partial charge in [-0.25, -0.2) is 0 Å². The van der Waals surface area contributed by atoms with Crippen LogP contribution in [0.5, 0.6) is 0 Å². The summed E-state index contributed by atoms with van der Waals surface area (Å²) in [6.07, 6.45) is -5.75. The highest BCUT2D eigenvalue weighted by molar-refractivity contribution is 5.67. The van der Waals surface area contributed by atoms with Crippen LogP contribution in [0, 0.1) is 11.8 Å². The highest BCUT2D eigenvalue weighted by Crippen LogP contribution is 2.33. The van der Waals surface area contributed by atoms with Crippen LogP contribution in [-0.4, -0.2) is 23.3 Å². The largest absolute Gasteiger partial charge is 0.481 e. The number of carboxylic acid groups (broad SMARTS) is 1. The third-order valence-electron chi connectivity index (χ3n) is 2.30. The molecule has 0 fully saturated rings. The molecule has 0 radical (unpaired) electrons. The van der Waals surface area contributed by atoms with Crippen molar-refractivity contribution in [1.29, 1.82) is 0 Å². The SMILES string of the molecule is CC(C)[C@H](N)C[C@@H](CC(=O)O)C(F)(F)F. The number of rotatable bonds is 5. The standard InChI is InChI=1S/C9H16F3NO2/c1-5(2)7(13)3-6(4-8(14)15)9(10,11)12/h5-7H,3-4,13H2,1-2H3,(H,14,15)/t6-,7+/m0/s1. The Balaban J connectivity index is 4.45. The van der Waals surface area contributed by atoms with Gasteiger partial charge in [0, 0.05) is 6.04 Å². The molecule has 0 bridgehead atoms. The van der Waals surface area contributed by atoms with Gasteiger partial charge in [0.1, 0.15) is 0 Å². The van der Waals surface area contributed by atoms with Crippen molar-refractivity contribution in [3.63, 3.8) is 0 Å². The van der Waals surface area contributed by atoms with Gasteiger partial charge in [-0.1, -0.05) is 13.8 Å². The first-order valence-corrected chi connectivity index (χ1v) is 4.68. The second-order valence-electron chi connectivity index (χ2n) is 3.98. The summed E-state index contributed by atoms with van der Waals surface area (Å²) in [6, 6.07) is -0.629. The third-order valence-corrected chi connectivity index (χ3v) is 2.30. The smallest absolute Gasteiger partial charge is 0.392 e. The van der Waals surface area contributed by atoms with E-state index >= 15 is 0 Å². The highest BCUT2D eigenvalue weighted by Gasteiger charge is 2.41. The number of halogens is 3. The van der Waals surface area contributed by atoms with Crippen molar-refractivity contribution in [3.8, 4) is 0 Å². The number of nitrogens with two attached hydrogens (primary N) is 1. The Morgan fingerprint density at radius 2 is 1.87 bits per heavy atom. The topological polar surface area (TPSA) is 63.3 Å². The number of carbonyl (C=O) groups is 1. The molecule has 0 aliphatic rings. The summed E-state index contributed by atoms with van der Waals surface area (Å²) in [6.45, 7) is 3.41. The van der Waals surface area contributed by atoms with Gasteiger partial charge in [0.25, 0.3) is 0 Å². The first kappa shape index (κ1) is 14.2. The minimum Gasteiger partial charge on any atom is -0.481 e. The molecular weight excluding hydrogens is 211 g/mol. The Labute approximate surface area is 86.5 Å². The molecule has 2 atom stereocenters. The zero-order valence-electron chi connectivity index (χ0n) is 8.71. The number of alkyl halides is 3. The molecule has 3 N–H and O–H groups in total. The van der Waals surface area contributed by atoms with Crippen molar-refractivity contribution < 1.29 is 23.1 Å². The van der Waals surface area contributed by atoms with Crippen LogP contribution in [0.25, 0.3) is 0 Å². The molecule has 15 heavy (non-hydrogen) atoms. The van der Waals surface area contributed by atoms with E-state index in [0.29, 0.717) is 0 Å². The Bertz CT molecular complexity index is 216. The molecule has 0 unspecified atom stereocenters. The van der Waals surface area contributed by atoms with Crippen molar-refractivity contribution in [3.05, 3.63) is 0 Å². The molecule has 3 nitrogen and oxygen atoms in total. The fourth-order valence-corrected chi connectivity index (χ4v) is 1.14. The maximum Gasteiger partial charge on any atom is 0.392 e. The summed E-state index contributed by atoms with van der Waals surface area (Å²) in [5, 5.41) is 8.36. The van der Waals surface area contributed by atoms with Crippen LogP contribution in [0.2, 0.25) is 0 Å². The van der Waals surface area contributed by atoms with Crippen molar-refractivity contribution in [2.45, 2.75) is 38.9 Å². The lowest BCUT2D eigenvalue weighted by Gasteiger charge is -2.24. The highest BCUT2D eigenvalue weighted by atomic mass is 19.4. The molecule has 0 saturated heterocycles. The van der Waals surface area contributed by atoms with E-state index in [2.05, 4.69) is 0 Å². The first-order chi connectivity index (χ1) is 6.64. The first-order valence-electron chi connectivity index (χ1n) is 4.68. The zero-order chi connectivity index (χ0) is 12.2. The summed E-state index contributed by atoms with van der Waals surface area (Å²) in [5.74, 6) is -3.40. The Kier molecular flexibility index (Phi) is 5.07. The average molecular weight is 227 g/mol. The van der Waals surface area contributed by atoms with Crippen LogP contribution >= 0.6 is 0 Å². The number of carboxylic acids is 1. The molecule has 0 aliphatic carbocycles. The van der Waals surface area contributed by atoms with Gasteiger partial charge in [-0.2, -0.15) is 13.2 Å². The van der Waals surface area contributed by atoms with E-state index in [1.54, 1.807) is 13.8 Å². The van der Waals surface area contributed by atoms with Gasteiger partial charge >= 0.3 is 12.1 Å². The molecule has 0 aromatic heterocycles. The minimum absolute atomic E-state index is 0.0938. The fraction of sp³-hybridized carbons (Fsp3) is 0.889. The maximum absolute atomic E-state index is 12.4. The summed E-state index contributed by atoms with van der Waals surface area (Å²) in [7, 11) is 0. The van der Waals surface area contributed by atoms with Crippen molar-refractivity contribution in [2.75, 3.05) is 0 Å². The van der Waals surface area contributed by atoms with Gasteiger partial charge in [0.05, 0.1) is 12.3 Å². The minimum atomic E-state index is -4.50. The molecule has 0 aromatic carbocycles. The van der Waals surface area contributed by atoms with Crippen LogP contribution in [0.15, 0.2) is 0 Å². The molecule has 0 heterocycles. The molecular formula is C9H16F3NO2. The lowest BCUT2D eigenvalue weighted by Crippen LogP contribution is -2.35. The van der Waals surface area contributed by atoms with Crippen molar-refractivity contribution in [2.24, 2.45) is 17.6 Å². The Morgan fingerprint density at radius 1 is 1.40 bits per heavy atom. The van der Waals surface area contributed by atoms with Crippen LogP contribution in [0.1, 0.15) is 26.7 Å². The summed E-state index contributed by atoms with van der Waals surface area (Å²) >= 11 is 0. The Morgan fingerprint density at radius 3 is 2.13 bits per heavy atom. The van der Waals surface area contributed by atoms with Crippen LogP contribution in [0.4, 0.5) is 13.2 Å². The normalized spacial score (nSPS) is 16.5. The third kappa shape index (κ3) is 5.61. The van der Waals surface area contributed by atoms with E-state index in [1.165, 1.54) is 0 Å². The molecule has 0 saturated carbocycles. The van der Waals surface area contributed by atoms with Gasteiger partial charge in [0.2, 0.25) is 0 Å². The summed E-state index contributed by atoms with van der Waals surface area (Å²) in [5.41, 5.74) is 5.50. The van der Waals surface area contributed by atoms with E-state index in [-0.39, 0.29) is 12.3 Å². The van der Waals surface area contributed by atoms with E-state index in [1.807, 2.05) is 0 Å². The molecule has 0 aliphatic heterocycles. The van der Waals surface area contributed by atoms with E-state index < -0.39 is 30.5 Å². The van der Waals surface area contributed by atoms with Crippen molar-refractivity contribution in [1.82, 2.24) is 0 Å². The molecule has 6 heteroatoms. The van der Waals surface area contributed by atoms with Crippen LogP contribution in [-0.2, 0) is 4.79 Å². The summed E-state index contributed by atoms with van der Waals surface area (Å²) in [4.78, 5) is 10.3. The quantitative estimate of drug-likeness (QED) is 0.755. The average Bonchev–Trinajstić information content (AvgIpc) is 2.00. The zero-order valence-corrected chi connectivity index (χ0v) is 8.71. The second-order valence-corrected chi connectivity index (χ2v) is 3.98. The fourth-order valence-electron chi connectivity index (χ4n) is 1.14. The predicted octanol–water partition coefficient (Wildman–Crippen LogP) is 2.01. The molecule has 0 aromatic rings. The number of aliphatic carboxylic acids is 1. The van der Waals surface area contributed by atoms with Gasteiger partial charge in [-0.3, -0.25) is 4.79 Å². The van der Waals surface area contributed by atoms with Crippen LogP contribution in [0.3, 0.4) is 0 Å². The monoisotopic (exact) mass is 227 g/mol. The van der Waals surface area contributed by atoms with Gasteiger partial charge in [0.15, 0.2) is 0 Å². The molecule has 0 amide bonds. The number of hydrogen-bond acceptors (Lipinski definition) is 2. The van der Waals surface area contributed by atoms with Crippen LogP contribution < -0.4 is 5.73 Å². The van der Waals surface area contributed by atoms with Gasteiger partial charge < -0.3 is 10.8 Å². The second kappa shape index (κ2) is 5.34. The van der Waals surface area contributed by atoms with Crippen molar-refractivity contribution >= 4 is 5.97 Å². The predicted molar refractivity (Wildman–Crippen MR) is 49.2 cm³/mol. The lowest BCUT2D eigenvalue weighted by atomic mass is 9.91. The lowest BCUT2D eigenvalue weighted by molar-refractivity contribution is -0.185. The molecule has 90 valence electrons. The van der Waals surface area contributed by atoms with Gasteiger partial charge in [-0.15, -0.1) is 0 Å².